The summed E-state index contributed by atoms with van der Waals surface area (Å²) in [5.74, 6) is 1.17. The summed E-state index contributed by atoms with van der Waals surface area (Å²) >= 11 is 0. The number of benzene rings is 2. The van der Waals surface area contributed by atoms with Crippen LogP contribution in [0.5, 0.6) is 17.2 Å². The Morgan fingerprint density at radius 1 is 1.12 bits per heavy atom. The van der Waals surface area contributed by atoms with E-state index in [4.69, 9.17) is 14.2 Å². The molecule has 2 amide bonds. The van der Waals surface area contributed by atoms with Gasteiger partial charge in [-0.1, -0.05) is 0 Å². The maximum absolute atomic E-state index is 12.5. The summed E-state index contributed by atoms with van der Waals surface area (Å²) in [6.45, 7) is 1.69. The van der Waals surface area contributed by atoms with Gasteiger partial charge in [-0.15, -0.1) is 0 Å². The molecule has 7 nitrogen and oxygen atoms in total. The second-order valence-electron chi connectivity index (χ2n) is 5.86. The lowest BCUT2D eigenvalue weighted by atomic mass is 10.1. The molecule has 7 heteroatoms. The third kappa shape index (κ3) is 3.15. The molecule has 0 radical (unpaired) electrons. The molecule has 0 saturated carbocycles. The minimum absolute atomic E-state index is 0.111. The average molecular weight is 356 g/mol. The summed E-state index contributed by atoms with van der Waals surface area (Å²) in [6.07, 6.45) is -0.565. The molecular formula is C19H20N2O5. The molecule has 2 aromatic rings. The molecule has 26 heavy (non-hydrogen) atoms. The van der Waals surface area contributed by atoms with Gasteiger partial charge in [0.25, 0.3) is 11.8 Å². The molecule has 1 unspecified atom stereocenters. The highest BCUT2D eigenvalue weighted by Crippen LogP contribution is 2.35. The number of hydrogen-bond donors (Lipinski definition) is 1. The molecule has 0 spiro atoms. The van der Waals surface area contributed by atoms with Crippen LogP contribution in [0.15, 0.2) is 36.4 Å². The van der Waals surface area contributed by atoms with Crippen LogP contribution in [-0.4, -0.2) is 39.2 Å². The first-order chi connectivity index (χ1) is 12.4. The van der Waals surface area contributed by atoms with Crippen molar-refractivity contribution in [3.05, 3.63) is 42.0 Å². The highest BCUT2D eigenvalue weighted by atomic mass is 16.5. The molecular weight excluding hydrogens is 336 g/mol. The fourth-order valence-corrected chi connectivity index (χ4v) is 2.78. The van der Waals surface area contributed by atoms with Gasteiger partial charge in [0.1, 0.15) is 5.75 Å². The minimum atomic E-state index is -0.565. The summed E-state index contributed by atoms with van der Waals surface area (Å²) in [5.41, 5.74) is 1.66. The van der Waals surface area contributed by atoms with Crippen LogP contribution in [0.25, 0.3) is 0 Å². The first-order valence-electron chi connectivity index (χ1n) is 8.06. The third-order valence-electron chi connectivity index (χ3n) is 4.21. The van der Waals surface area contributed by atoms with Crippen LogP contribution in [0.3, 0.4) is 0 Å². The number of carbonyl (C=O) groups is 2. The number of carbonyl (C=O) groups excluding carboxylic acids is 2. The van der Waals surface area contributed by atoms with E-state index >= 15 is 0 Å². The fourth-order valence-electron chi connectivity index (χ4n) is 2.78. The normalized spacial score (nSPS) is 15.8. The highest BCUT2D eigenvalue weighted by Gasteiger charge is 2.29. The topological polar surface area (TPSA) is 77.1 Å². The summed E-state index contributed by atoms with van der Waals surface area (Å²) < 4.78 is 16.0. The number of likely N-dealkylation sites (N-methyl/N-ethyl adjacent to an activating group) is 1. The highest BCUT2D eigenvalue weighted by molar-refractivity contribution is 6.05. The van der Waals surface area contributed by atoms with Crippen molar-refractivity contribution >= 4 is 23.2 Å². The lowest BCUT2D eigenvalue weighted by Crippen LogP contribution is -2.41. The van der Waals surface area contributed by atoms with Crippen LogP contribution in [0.1, 0.15) is 17.3 Å². The van der Waals surface area contributed by atoms with Gasteiger partial charge in [0.05, 0.1) is 19.9 Å². The Hall–Kier alpha value is -3.22. The van der Waals surface area contributed by atoms with E-state index in [2.05, 4.69) is 5.32 Å². The number of ether oxygens (including phenoxy) is 3. The van der Waals surface area contributed by atoms with Crippen molar-refractivity contribution in [3.63, 3.8) is 0 Å². The third-order valence-corrected chi connectivity index (χ3v) is 4.21. The molecule has 1 aliphatic rings. The molecule has 0 saturated heterocycles. The summed E-state index contributed by atoms with van der Waals surface area (Å²) in [6, 6.07) is 10.1. The largest absolute Gasteiger partial charge is 0.493 e. The van der Waals surface area contributed by atoms with E-state index in [0.29, 0.717) is 34.2 Å². The Bertz CT molecular complexity index is 865. The molecule has 1 atom stereocenters. The molecule has 1 aliphatic heterocycles. The van der Waals surface area contributed by atoms with Crippen molar-refractivity contribution in [2.24, 2.45) is 0 Å². The Labute approximate surface area is 151 Å². The van der Waals surface area contributed by atoms with Crippen molar-refractivity contribution < 1.29 is 23.8 Å². The summed E-state index contributed by atoms with van der Waals surface area (Å²) in [5, 5.41) is 2.82. The van der Waals surface area contributed by atoms with E-state index < -0.39 is 6.10 Å². The quantitative estimate of drug-likeness (QED) is 0.911. The van der Waals surface area contributed by atoms with Gasteiger partial charge < -0.3 is 24.4 Å². The van der Waals surface area contributed by atoms with E-state index in [1.165, 1.54) is 14.2 Å². The smallest absolute Gasteiger partial charge is 0.267 e. The second kappa shape index (κ2) is 6.95. The van der Waals surface area contributed by atoms with Crippen molar-refractivity contribution in [1.29, 1.82) is 0 Å². The number of rotatable bonds is 4. The predicted octanol–water partition coefficient (Wildman–Crippen LogP) is 2.70. The van der Waals surface area contributed by atoms with Gasteiger partial charge >= 0.3 is 0 Å². The Morgan fingerprint density at radius 2 is 1.85 bits per heavy atom. The predicted molar refractivity (Wildman–Crippen MR) is 97.4 cm³/mol. The molecule has 0 bridgehead atoms. The number of amides is 2. The maximum Gasteiger partial charge on any atom is 0.267 e. The average Bonchev–Trinajstić information content (AvgIpc) is 2.65. The lowest BCUT2D eigenvalue weighted by Gasteiger charge is -2.30. The number of anilines is 2. The molecule has 0 aromatic heterocycles. The molecule has 3 rings (SSSR count). The van der Waals surface area contributed by atoms with Crippen LogP contribution >= 0.6 is 0 Å². The number of fused-ring (bicyclic) bond motifs is 1. The first-order valence-corrected chi connectivity index (χ1v) is 8.06. The van der Waals surface area contributed by atoms with Gasteiger partial charge in [-0.05, 0) is 37.3 Å². The molecule has 2 aromatic carbocycles. The zero-order valence-corrected chi connectivity index (χ0v) is 15.0. The van der Waals surface area contributed by atoms with Gasteiger partial charge in [0.15, 0.2) is 17.6 Å². The number of nitrogens with zero attached hydrogens (tertiary/aromatic N) is 1. The van der Waals surface area contributed by atoms with Crippen LogP contribution in [-0.2, 0) is 4.79 Å². The summed E-state index contributed by atoms with van der Waals surface area (Å²) in [4.78, 5) is 26.0. The van der Waals surface area contributed by atoms with Gasteiger partial charge in [0, 0.05) is 24.4 Å². The van der Waals surface area contributed by atoms with Crippen LogP contribution in [0, 0.1) is 0 Å². The Balaban J connectivity index is 1.83. The standard InChI is InChI=1S/C19H20N2O5/c1-11-19(23)21(2)14-7-6-13(10-16(14)26-11)20-18(22)12-5-8-15(24-3)17(9-12)25-4/h5-11H,1-4H3,(H,20,22). The Kier molecular flexibility index (Phi) is 4.71. The van der Waals surface area contributed by atoms with Gasteiger partial charge in [-0.2, -0.15) is 0 Å². The van der Waals surface area contributed by atoms with Crippen molar-refractivity contribution in [1.82, 2.24) is 0 Å². The van der Waals surface area contributed by atoms with Crippen LogP contribution in [0.4, 0.5) is 11.4 Å². The number of hydrogen-bond acceptors (Lipinski definition) is 5. The van der Waals surface area contributed by atoms with Crippen molar-refractivity contribution in [2.45, 2.75) is 13.0 Å². The van der Waals surface area contributed by atoms with E-state index in [0.717, 1.165) is 0 Å². The SMILES string of the molecule is COc1ccc(C(=O)Nc2ccc3c(c2)OC(C)C(=O)N3C)cc1OC. The van der Waals surface area contributed by atoms with Crippen molar-refractivity contribution in [3.8, 4) is 17.2 Å². The monoisotopic (exact) mass is 356 g/mol. The fraction of sp³-hybridized carbons (Fsp3) is 0.263. The second-order valence-corrected chi connectivity index (χ2v) is 5.86. The maximum atomic E-state index is 12.5. The van der Waals surface area contributed by atoms with Crippen LogP contribution in [0.2, 0.25) is 0 Å². The number of nitrogens with one attached hydrogen (secondary N) is 1. The molecule has 1 N–H and O–H groups in total. The zero-order valence-electron chi connectivity index (χ0n) is 15.0. The number of methoxy groups -OCH3 is 2. The van der Waals surface area contributed by atoms with E-state index in [9.17, 15) is 9.59 Å². The van der Waals surface area contributed by atoms with Gasteiger partial charge in [-0.3, -0.25) is 9.59 Å². The van der Waals surface area contributed by atoms with E-state index in [-0.39, 0.29) is 11.8 Å². The van der Waals surface area contributed by atoms with E-state index in [1.807, 2.05) is 0 Å². The molecule has 0 aliphatic carbocycles. The lowest BCUT2D eigenvalue weighted by molar-refractivity contribution is -0.125. The minimum Gasteiger partial charge on any atom is -0.493 e. The van der Waals surface area contributed by atoms with Crippen LogP contribution < -0.4 is 24.4 Å². The summed E-state index contributed by atoms with van der Waals surface area (Å²) in [7, 11) is 4.74. The van der Waals surface area contributed by atoms with Crippen molar-refractivity contribution in [2.75, 3.05) is 31.5 Å². The first kappa shape index (κ1) is 17.6. The van der Waals surface area contributed by atoms with Gasteiger partial charge in [0.2, 0.25) is 0 Å². The molecule has 0 fully saturated rings. The van der Waals surface area contributed by atoms with Gasteiger partial charge in [-0.25, -0.2) is 0 Å². The van der Waals surface area contributed by atoms with E-state index in [1.54, 1.807) is 55.3 Å². The molecule has 136 valence electrons. The Morgan fingerprint density at radius 3 is 2.54 bits per heavy atom. The molecule has 1 heterocycles. The zero-order chi connectivity index (χ0) is 18.8.